The third-order valence-corrected chi connectivity index (χ3v) is 6.92. The van der Waals surface area contributed by atoms with Gasteiger partial charge in [-0.1, -0.05) is 23.7 Å². The molecule has 0 aliphatic carbocycles. The number of carbonyl (C=O) groups excluding carboxylic acids is 1. The van der Waals surface area contributed by atoms with E-state index in [0.717, 1.165) is 38.6 Å². The van der Waals surface area contributed by atoms with Gasteiger partial charge in [-0.25, -0.2) is 9.78 Å². The summed E-state index contributed by atoms with van der Waals surface area (Å²) < 4.78 is 5.17. The number of urea groups is 1. The predicted octanol–water partition coefficient (Wildman–Crippen LogP) is 4.96. The fraction of sp³-hybridized carbons (Fsp3) is 0.208. The molecule has 0 saturated carbocycles. The summed E-state index contributed by atoms with van der Waals surface area (Å²) in [5, 5.41) is 6.68. The lowest BCUT2D eigenvalue weighted by Gasteiger charge is -2.35. The van der Waals surface area contributed by atoms with Crippen LogP contribution in [0.25, 0.3) is 21.3 Å². The Hall–Kier alpha value is -3.56. The Morgan fingerprint density at radius 3 is 2.44 bits per heavy atom. The Balaban J connectivity index is 1.34. The van der Waals surface area contributed by atoms with E-state index >= 15 is 0 Å². The molecule has 3 N–H and O–H groups in total. The minimum atomic E-state index is -0.130. The van der Waals surface area contributed by atoms with Crippen molar-refractivity contribution < 1.29 is 9.53 Å². The molecule has 0 unspecified atom stereocenters. The lowest BCUT2D eigenvalue weighted by atomic mass is 10.1. The smallest absolute Gasteiger partial charge is 0.321 e. The molecule has 1 saturated heterocycles. The van der Waals surface area contributed by atoms with Crippen molar-refractivity contribution in [1.82, 2.24) is 14.9 Å². The number of fused-ring (bicyclic) bond motifs is 1. The molecule has 0 atom stereocenters. The first-order valence-electron chi connectivity index (χ1n) is 10.8. The monoisotopic (exact) mass is 494 g/mol. The van der Waals surface area contributed by atoms with E-state index in [2.05, 4.69) is 25.6 Å². The van der Waals surface area contributed by atoms with Crippen LogP contribution in [-0.2, 0) is 0 Å². The summed E-state index contributed by atoms with van der Waals surface area (Å²) in [5.41, 5.74) is 8.86. The van der Waals surface area contributed by atoms with Crippen LogP contribution in [0, 0.1) is 0 Å². The summed E-state index contributed by atoms with van der Waals surface area (Å²) in [7, 11) is 1.61. The number of anilines is 3. The van der Waals surface area contributed by atoms with Crippen molar-refractivity contribution in [3.05, 3.63) is 58.9 Å². The number of rotatable bonds is 4. The van der Waals surface area contributed by atoms with Crippen molar-refractivity contribution in [2.45, 2.75) is 0 Å². The number of amides is 2. The van der Waals surface area contributed by atoms with E-state index in [-0.39, 0.29) is 12.0 Å². The maximum absolute atomic E-state index is 12.8. The number of hydrogen-bond donors (Lipinski definition) is 2. The van der Waals surface area contributed by atoms with Crippen LogP contribution in [-0.4, -0.2) is 54.2 Å². The zero-order chi connectivity index (χ0) is 23.7. The molecule has 174 valence electrons. The van der Waals surface area contributed by atoms with E-state index < -0.39 is 0 Å². The van der Waals surface area contributed by atoms with Gasteiger partial charge in [0.15, 0.2) is 0 Å². The number of ether oxygens (including phenoxy) is 1. The number of nitrogen functional groups attached to an aromatic ring is 1. The van der Waals surface area contributed by atoms with Crippen LogP contribution in [0.3, 0.4) is 0 Å². The Labute approximate surface area is 205 Å². The fourth-order valence-corrected chi connectivity index (χ4v) is 5.08. The van der Waals surface area contributed by atoms with Crippen molar-refractivity contribution in [3.8, 4) is 16.9 Å². The molecule has 2 aromatic heterocycles. The summed E-state index contributed by atoms with van der Waals surface area (Å²) in [6, 6.07) is 14.9. The Morgan fingerprint density at radius 1 is 1.06 bits per heavy atom. The highest BCUT2D eigenvalue weighted by Crippen LogP contribution is 2.39. The van der Waals surface area contributed by atoms with Gasteiger partial charge in [0.25, 0.3) is 0 Å². The van der Waals surface area contributed by atoms with Gasteiger partial charge in [0.1, 0.15) is 16.4 Å². The van der Waals surface area contributed by atoms with Gasteiger partial charge in [0.05, 0.1) is 12.5 Å². The third-order valence-electron chi connectivity index (χ3n) is 5.79. The molecule has 4 aromatic rings. The second-order valence-corrected chi connectivity index (χ2v) is 9.17. The number of nitrogens with zero attached hydrogens (tertiary/aromatic N) is 4. The highest BCUT2D eigenvalue weighted by molar-refractivity contribution is 7.17. The number of thiophene rings is 1. The zero-order valence-electron chi connectivity index (χ0n) is 18.5. The molecule has 2 amide bonds. The maximum atomic E-state index is 12.8. The van der Waals surface area contributed by atoms with E-state index in [1.807, 2.05) is 48.5 Å². The summed E-state index contributed by atoms with van der Waals surface area (Å²) in [6.45, 7) is 2.40. The van der Waals surface area contributed by atoms with Crippen molar-refractivity contribution in [2.24, 2.45) is 0 Å². The number of aromatic nitrogens is 2. The van der Waals surface area contributed by atoms with Crippen LogP contribution in [0.5, 0.6) is 5.75 Å². The molecule has 3 heterocycles. The van der Waals surface area contributed by atoms with Gasteiger partial charge >= 0.3 is 6.03 Å². The molecule has 1 fully saturated rings. The lowest BCUT2D eigenvalue weighted by molar-refractivity contribution is 0.208. The highest BCUT2D eigenvalue weighted by atomic mass is 35.5. The summed E-state index contributed by atoms with van der Waals surface area (Å²) in [4.78, 5) is 26.6. The van der Waals surface area contributed by atoms with Gasteiger partial charge in [-0.3, -0.25) is 0 Å². The van der Waals surface area contributed by atoms with Crippen molar-refractivity contribution >= 4 is 56.6 Å². The second kappa shape index (κ2) is 9.36. The average molecular weight is 495 g/mol. The van der Waals surface area contributed by atoms with E-state index in [9.17, 15) is 4.79 Å². The second-order valence-electron chi connectivity index (χ2n) is 7.87. The third kappa shape index (κ3) is 4.44. The molecule has 1 aliphatic rings. The molecule has 10 heteroatoms. The van der Waals surface area contributed by atoms with Gasteiger partial charge in [0.2, 0.25) is 5.95 Å². The first-order chi connectivity index (χ1) is 16.5. The number of hydrogen-bond acceptors (Lipinski definition) is 7. The standard InChI is InChI=1S/C24H23ClN6O2S/c1-33-18-8-6-17(7-9-18)27-24(32)31-12-10-30(11-13-31)21-20-19(15-2-4-16(25)5-3-15)14-34-22(20)29-23(26)28-21/h2-9,14H,10-13H2,1H3,(H,27,32)(H2,26,28,29). The Kier molecular flexibility index (Phi) is 6.12. The number of carbonyl (C=O) groups is 1. The number of halogens is 1. The van der Waals surface area contributed by atoms with E-state index in [4.69, 9.17) is 22.1 Å². The van der Waals surface area contributed by atoms with Gasteiger partial charge in [-0.15, -0.1) is 11.3 Å². The minimum Gasteiger partial charge on any atom is -0.497 e. The van der Waals surface area contributed by atoms with Crippen LogP contribution >= 0.6 is 22.9 Å². The number of nitrogens with one attached hydrogen (secondary N) is 1. The number of benzene rings is 2. The molecule has 2 aromatic carbocycles. The topological polar surface area (TPSA) is 96.6 Å². The Morgan fingerprint density at radius 2 is 1.76 bits per heavy atom. The largest absolute Gasteiger partial charge is 0.497 e. The molecule has 0 bridgehead atoms. The normalized spacial score (nSPS) is 13.8. The average Bonchev–Trinajstić information content (AvgIpc) is 3.28. The number of piperazine rings is 1. The van der Waals surface area contributed by atoms with Crippen LogP contribution in [0.2, 0.25) is 5.02 Å². The summed E-state index contributed by atoms with van der Waals surface area (Å²) >= 11 is 7.62. The van der Waals surface area contributed by atoms with Crippen molar-refractivity contribution in [1.29, 1.82) is 0 Å². The molecular weight excluding hydrogens is 472 g/mol. The summed E-state index contributed by atoms with van der Waals surface area (Å²) in [6.07, 6.45) is 0. The van der Waals surface area contributed by atoms with Crippen molar-refractivity contribution in [2.75, 3.05) is 49.2 Å². The molecule has 5 rings (SSSR count). The molecule has 0 radical (unpaired) electrons. The van der Waals surface area contributed by atoms with Crippen LogP contribution in [0.15, 0.2) is 53.9 Å². The van der Waals surface area contributed by atoms with E-state index in [1.54, 1.807) is 23.3 Å². The highest BCUT2D eigenvalue weighted by Gasteiger charge is 2.25. The zero-order valence-corrected chi connectivity index (χ0v) is 20.1. The fourth-order valence-electron chi connectivity index (χ4n) is 4.01. The van der Waals surface area contributed by atoms with Crippen LogP contribution in [0.1, 0.15) is 0 Å². The van der Waals surface area contributed by atoms with Gasteiger partial charge in [-0.2, -0.15) is 4.98 Å². The van der Waals surface area contributed by atoms with Gasteiger partial charge in [0, 0.05) is 47.8 Å². The SMILES string of the molecule is COc1ccc(NC(=O)N2CCN(c3nc(N)nc4scc(-c5ccc(Cl)cc5)c34)CC2)cc1. The van der Waals surface area contributed by atoms with Crippen LogP contribution < -0.4 is 20.7 Å². The van der Waals surface area contributed by atoms with Gasteiger partial charge < -0.3 is 25.6 Å². The molecule has 0 spiro atoms. The Bertz CT molecular complexity index is 1320. The first-order valence-corrected chi connectivity index (χ1v) is 12.0. The van der Waals surface area contributed by atoms with Crippen molar-refractivity contribution in [3.63, 3.8) is 0 Å². The molecule has 8 nitrogen and oxygen atoms in total. The van der Waals surface area contributed by atoms with Gasteiger partial charge in [-0.05, 0) is 42.0 Å². The van der Waals surface area contributed by atoms with E-state index in [1.165, 1.54) is 0 Å². The van der Waals surface area contributed by atoms with Crippen LogP contribution in [0.4, 0.5) is 22.2 Å². The maximum Gasteiger partial charge on any atom is 0.321 e. The number of methoxy groups -OCH3 is 1. The van der Waals surface area contributed by atoms with E-state index in [0.29, 0.717) is 31.2 Å². The number of nitrogens with two attached hydrogens (primary N) is 1. The molecular formula is C24H23ClN6O2S. The lowest BCUT2D eigenvalue weighted by Crippen LogP contribution is -2.50. The quantitative estimate of drug-likeness (QED) is 0.416. The first kappa shape index (κ1) is 22.2. The minimum absolute atomic E-state index is 0.130. The summed E-state index contributed by atoms with van der Waals surface area (Å²) in [5.74, 6) is 1.78. The molecule has 1 aliphatic heterocycles. The molecule has 34 heavy (non-hydrogen) atoms. The predicted molar refractivity (Wildman–Crippen MR) is 138 cm³/mol.